The Hall–Kier alpha value is -2.06. The van der Waals surface area contributed by atoms with Crippen molar-refractivity contribution in [3.8, 4) is 5.75 Å². The van der Waals surface area contributed by atoms with Gasteiger partial charge in [-0.25, -0.2) is 9.18 Å². The van der Waals surface area contributed by atoms with E-state index in [1.807, 2.05) is 26.8 Å². The van der Waals surface area contributed by atoms with Gasteiger partial charge in [-0.1, -0.05) is 26.8 Å². The highest BCUT2D eigenvalue weighted by atomic mass is 28.4. The summed E-state index contributed by atoms with van der Waals surface area (Å²) >= 11 is 0. The van der Waals surface area contributed by atoms with Crippen LogP contribution in [-0.2, 0) is 15.6 Å². The van der Waals surface area contributed by atoms with Crippen LogP contribution >= 0.6 is 0 Å². The van der Waals surface area contributed by atoms with Gasteiger partial charge in [0, 0.05) is 13.1 Å². The molecular weight excluding hydrogens is 451 g/mol. The summed E-state index contributed by atoms with van der Waals surface area (Å²) in [6.07, 6.45) is 3.33. The number of hydrogen-bond donors (Lipinski definition) is 1. The van der Waals surface area contributed by atoms with Gasteiger partial charge in [0.1, 0.15) is 11.4 Å². The van der Waals surface area contributed by atoms with Crippen LogP contribution in [0.3, 0.4) is 0 Å². The van der Waals surface area contributed by atoms with Crippen molar-refractivity contribution in [1.29, 1.82) is 0 Å². The Bertz CT molecular complexity index is 963. The van der Waals surface area contributed by atoms with Crippen molar-refractivity contribution in [3.63, 3.8) is 0 Å². The Kier molecular flexibility index (Phi) is 7.44. The number of amides is 1. The Labute approximate surface area is 204 Å². The van der Waals surface area contributed by atoms with Crippen LogP contribution in [0.25, 0.3) is 5.57 Å². The molecule has 0 radical (unpaired) electrons. The van der Waals surface area contributed by atoms with Crippen molar-refractivity contribution in [2.45, 2.75) is 90.6 Å². The van der Waals surface area contributed by atoms with E-state index in [0.29, 0.717) is 37.4 Å². The molecule has 1 amide bonds. The molecule has 0 bridgehead atoms. The quantitative estimate of drug-likeness (QED) is 0.405. The Morgan fingerprint density at radius 2 is 1.91 bits per heavy atom. The van der Waals surface area contributed by atoms with E-state index in [4.69, 9.17) is 19.6 Å². The molecule has 8 heteroatoms. The highest BCUT2D eigenvalue weighted by molar-refractivity contribution is 6.74. The summed E-state index contributed by atoms with van der Waals surface area (Å²) in [6.45, 7) is 17.7. The molecule has 0 aliphatic carbocycles. The molecule has 0 saturated carbocycles. The summed E-state index contributed by atoms with van der Waals surface area (Å²) in [6, 6.07) is 1.68. The molecule has 0 fully saturated rings. The number of nitrogens with two attached hydrogens (primary N) is 1. The van der Waals surface area contributed by atoms with Crippen LogP contribution < -0.4 is 10.5 Å². The SMILES string of the molecule is CC(C)(C)OC(=O)N1CC=C(c2c(F)c(N)cc3c2OCCC3)CC(O[Si](C)(C)C(C)(C)C)C1. The van der Waals surface area contributed by atoms with E-state index in [9.17, 15) is 4.79 Å². The molecular formula is C26H41FN2O4Si. The minimum absolute atomic E-state index is 0.00929. The van der Waals surface area contributed by atoms with E-state index in [1.165, 1.54) is 0 Å². The fourth-order valence-corrected chi connectivity index (χ4v) is 5.43. The fraction of sp³-hybridized carbons (Fsp3) is 0.654. The maximum atomic E-state index is 15.5. The van der Waals surface area contributed by atoms with Crippen molar-refractivity contribution < 1.29 is 23.1 Å². The second-order valence-electron chi connectivity index (χ2n) is 11.9. The van der Waals surface area contributed by atoms with Crippen molar-refractivity contribution in [1.82, 2.24) is 4.90 Å². The third kappa shape index (κ3) is 5.94. The number of halogens is 1. The van der Waals surface area contributed by atoms with Crippen LogP contribution in [0.1, 0.15) is 65.5 Å². The molecule has 190 valence electrons. The van der Waals surface area contributed by atoms with Gasteiger partial charge >= 0.3 is 6.09 Å². The van der Waals surface area contributed by atoms with Gasteiger partial charge in [-0.05, 0) is 75.4 Å². The summed E-state index contributed by atoms with van der Waals surface area (Å²) in [4.78, 5) is 14.6. The molecule has 2 aliphatic rings. The molecule has 0 aromatic heterocycles. The molecule has 2 N–H and O–H groups in total. The number of nitrogens with zero attached hydrogens (tertiary/aromatic N) is 1. The normalized spacial score (nSPS) is 19.6. The van der Waals surface area contributed by atoms with Crippen molar-refractivity contribution >= 4 is 25.7 Å². The van der Waals surface area contributed by atoms with Crippen LogP contribution in [0.2, 0.25) is 18.1 Å². The minimum atomic E-state index is -2.17. The number of benzene rings is 1. The summed E-state index contributed by atoms with van der Waals surface area (Å²) < 4.78 is 33.8. The topological polar surface area (TPSA) is 74.0 Å². The number of fused-ring (bicyclic) bond motifs is 1. The smallest absolute Gasteiger partial charge is 0.410 e. The van der Waals surface area contributed by atoms with E-state index >= 15 is 4.39 Å². The van der Waals surface area contributed by atoms with Gasteiger partial charge in [0.15, 0.2) is 14.1 Å². The van der Waals surface area contributed by atoms with Gasteiger partial charge in [-0.15, -0.1) is 0 Å². The van der Waals surface area contributed by atoms with Crippen molar-refractivity contribution in [3.05, 3.63) is 29.1 Å². The molecule has 2 aliphatic heterocycles. The number of ether oxygens (including phenoxy) is 2. The van der Waals surface area contributed by atoms with Gasteiger partial charge in [-0.2, -0.15) is 0 Å². The molecule has 2 heterocycles. The molecule has 1 atom stereocenters. The molecule has 34 heavy (non-hydrogen) atoms. The molecule has 6 nitrogen and oxygen atoms in total. The summed E-state index contributed by atoms with van der Waals surface area (Å²) in [5.74, 6) is 0.102. The lowest BCUT2D eigenvalue weighted by molar-refractivity contribution is 0.0196. The molecule has 3 rings (SSSR count). The minimum Gasteiger partial charge on any atom is -0.493 e. The summed E-state index contributed by atoms with van der Waals surface area (Å²) in [5.41, 5.74) is 7.67. The predicted molar refractivity (Wildman–Crippen MR) is 137 cm³/mol. The second-order valence-corrected chi connectivity index (χ2v) is 16.7. The lowest BCUT2D eigenvalue weighted by atomic mass is 9.93. The first-order valence-corrected chi connectivity index (χ1v) is 15.1. The lowest BCUT2D eigenvalue weighted by Crippen LogP contribution is -2.48. The first-order chi connectivity index (χ1) is 15.6. The average Bonchev–Trinajstić information content (AvgIpc) is 2.89. The summed E-state index contributed by atoms with van der Waals surface area (Å²) in [7, 11) is -2.17. The fourth-order valence-electron chi connectivity index (χ4n) is 4.08. The first-order valence-electron chi connectivity index (χ1n) is 12.2. The second kappa shape index (κ2) is 9.53. The van der Waals surface area contributed by atoms with Crippen LogP contribution in [0.5, 0.6) is 5.75 Å². The van der Waals surface area contributed by atoms with Crippen LogP contribution in [-0.4, -0.2) is 50.7 Å². The zero-order valence-corrected chi connectivity index (χ0v) is 23.0. The zero-order valence-electron chi connectivity index (χ0n) is 22.0. The third-order valence-corrected chi connectivity index (χ3v) is 11.4. The average molecular weight is 493 g/mol. The van der Waals surface area contributed by atoms with Gasteiger partial charge < -0.3 is 24.5 Å². The first kappa shape index (κ1) is 26.5. The maximum Gasteiger partial charge on any atom is 0.410 e. The number of rotatable bonds is 3. The number of nitrogen functional groups attached to an aromatic ring is 1. The predicted octanol–water partition coefficient (Wildman–Crippen LogP) is 6.15. The highest BCUT2D eigenvalue weighted by Gasteiger charge is 2.41. The van der Waals surface area contributed by atoms with E-state index < -0.39 is 25.8 Å². The molecule has 0 saturated heterocycles. The van der Waals surface area contributed by atoms with E-state index in [0.717, 1.165) is 24.0 Å². The standard InChI is InChI=1S/C26H41FN2O4Si/c1-25(2,3)32-24(30)29-12-11-17(14-19(16-29)33-34(7,8)26(4,5)6)21-22(27)20(28)15-18-10-9-13-31-23(18)21/h11,15,19H,9-10,12-14,16,28H2,1-8H3. The Balaban J connectivity index is 2.03. The van der Waals surface area contributed by atoms with E-state index in [-0.39, 0.29) is 16.8 Å². The Morgan fingerprint density at radius 3 is 2.53 bits per heavy atom. The highest BCUT2D eigenvalue weighted by Crippen LogP contribution is 2.43. The number of carbonyl (C=O) groups excluding carboxylic acids is 1. The monoisotopic (exact) mass is 492 g/mol. The van der Waals surface area contributed by atoms with Crippen LogP contribution in [0.15, 0.2) is 12.1 Å². The van der Waals surface area contributed by atoms with Gasteiger partial charge in [0.2, 0.25) is 0 Å². The number of aryl methyl sites for hydroxylation is 1. The zero-order chi connectivity index (χ0) is 25.5. The van der Waals surface area contributed by atoms with Crippen molar-refractivity contribution in [2.24, 2.45) is 0 Å². The van der Waals surface area contributed by atoms with Crippen LogP contribution in [0.4, 0.5) is 14.9 Å². The molecule has 0 spiro atoms. The third-order valence-electron chi connectivity index (χ3n) is 6.83. The number of hydrogen-bond acceptors (Lipinski definition) is 5. The number of anilines is 1. The van der Waals surface area contributed by atoms with Gasteiger partial charge in [0.25, 0.3) is 0 Å². The Morgan fingerprint density at radius 1 is 1.24 bits per heavy atom. The maximum absolute atomic E-state index is 15.5. The van der Waals surface area contributed by atoms with Gasteiger partial charge in [0.05, 0.1) is 24.0 Å². The number of carbonyl (C=O) groups is 1. The lowest BCUT2D eigenvalue weighted by Gasteiger charge is -2.40. The molecule has 1 aromatic rings. The van der Waals surface area contributed by atoms with Crippen LogP contribution in [0, 0.1) is 5.82 Å². The largest absolute Gasteiger partial charge is 0.493 e. The molecule has 1 aromatic carbocycles. The molecule has 1 unspecified atom stereocenters. The van der Waals surface area contributed by atoms with Gasteiger partial charge in [-0.3, -0.25) is 0 Å². The van der Waals surface area contributed by atoms with E-state index in [2.05, 4.69) is 33.9 Å². The summed E-state index contributed by atoms with van der Waals surface area (Å²) in [5, 5.41) is -0.00929. The van der Waals surface area contributed by atoms with E-state index in [1.54, 1.807) is 11.0 Å². The van der Waals surface area contributed by atoms with Crippen molar-refractivity contribution in [2.75, 3.05) is 25.4 Å².